The number of rotatable bonds is 3. The Morgan fingerprint density at radius 3 is 3.00 bits per heavy atom. The number of carbonyl (C=O) groups excluding carboxylic acids is 1. The molecule has 1 atom stereocenters. The maximum atomic E-state index is 11.7. The highest BCUT2D eigenvalue weighted by Gasteiger charge is 2.21. The van der Waals surface area contributed by atoms with Gasteiger partial charge in [-0.25, -0.2) is 10.2 Å². The molecule has 1 unspecified atom stereocenters. The molecule has 2 rings (SSSR count). The van der Waals surface area contributed by atoms with E-state index in [-0.39, 0.29) is 6.04 Å². The number of urea groups is 1. The van der Waals surface area contributed by atoms with Gasteiger partial charge in [0.05, 0.1) is 11.8 Å². The molecule has 0 heterocycles. The van der Waals surface area contributed by atoms with Crippen LogP contribution in [0.15, 0.2) is 29.4 Å². The molecule has 20 heavy (non-hydrogen) atoms. The van der Waals surface area contributed by atoms with E-state index in [2.05, 4.69) is 21.3 Å². The van der Waals surface area contributed by atoms with Gasteiger partial charge in [-0.15, -0.1) is 0 Å². The van der Waals surface area contributed by atoms with Crippen molar-refractivity contribution in [2.45, 2.75) is 31.7 Å². The van der Waals surface area contributed by atoms with E-state index >= 15 is 0 Å². The minimum Gasteiger partial charge on any atom is -0.411 e. The molecule has 0 spiro atoms. The van der Waals surface area contributed by atoms with E-state index in [4.69, 9.17) is 16.8 Å². The minimum atomic E-state index is -0.393. The number of hydrogen-bond donors (Lipinski definition) is 4. The van der Waals surface area contributed by atoms with Crippen LogP contribution in [0.25, 0.3) is 0 Å². The molecule has 1 aliphatic carbocycles. The molecule has 6 nitrogen and oxygen atoms in total. The fourth-order valence-corrected chi connectivity index (χ4v) is 2.34. The number of amides is 2. The lowest BCUT2D eigenvalue weighted by Crippen LogP contribution is -2.50. The maximum absolute atomic E-state index is 11.7. The van der Waals surface area contributed by atoms with E-state index in [0.717, 1.165) is 25.7 Å². The zero-order valence-corrected chi connectivity index (χ0v) is 11.7. The third kappa shape index (κ3) is 4.11. The molecule has 0 saturated heterocycles. The van der Waals surface area contributed by atoms with Crippen molar-refractivity contribution < 1.29 is 10.0 Å². The zero-order chi connectivity index (χ0) is 14.4. The molecule has 0 radical (unpaired) electrons. The second kappa shape index (κ2) is 7.12. The van der Waals surface area contributed by atoms with Gasteiger partial charge in [-0.05, 0) is 37.5 Å². The van der Waals surface area contributed by atoms with Gasteiger partial charge in [0.2, 0.25) is 0 Å². The van der Waals surface area contributed by atoms with E-state index in [9.17, 15) is 4.79 Å². The SMILES string of the molecule is O=C(NNC1CCCC/C1=N/O)Nc1cccc(Cl)c1. The summed E-state index contributed by atoms with van der Waals surface area (Å²) < 4.78 is 0. The van der Waals surface area contributed by atoms with Crippen LogP contribution in [0, 0.1) is 0 Å². The normalized spacial score (nSPS) is 20.6. The van der Waals surface area contributed by atoms with Gasteiger partial charge in [-0.1, -0.05) is 29.2 Å². The fourth-order valence-electron chi connectivity index (χ4n) is 2.15. The first-order chi connectivity index (χ1) is 9.69. The lowest BCUT2D eigenvalue weighted by molar-refractivity contribution is 0.245. The van der Waals surface area contributed by atoms with Gasteiger partial charge in [0.1, 0.15) is 0 Å². The van der Waals surface area contributed by atoms with Crippen LogP contribution in [-0.4, -0.2) is 23.0 Å². The summed E-state index contributed by atoms with van der Waals surface area (Å²) in [5.41, 5.74) is 6.69. The second-order valence-electron chi connectivity index (χ2n) is 4.62. The second-order valence-corrected chi connectivity index (χ2v) is 5.06. The Balaban J connectivity index is 1.83. The van der Waals surface area contributed by atoms with Crippen LogP contribution in [0.4, 0.5) is 10.5 Å². The van der Waals surface area contributed by atoms with Crippen LogP contribution >= 0.6 is 11.6 Å². The molecule has 1 aromatic carbocycles. The average molecular weight is 297 g/mol. The molecule has 0 bridgehead atoms. The highest BCUT2D eigenvalue weighted by molar-refractivity contribution is 6.30. The summed E-state index contributed by atoms with van der Waals surface area (Å²) in [5.74, 6) is 0. The van der Waals surface area contributed by atoms with E-state index in [1.807, 2.05) is 0 Å². The van der Waals surface area contributed by atoms with Crippen molar-refractivity contribution >= 4 is 29.0 Å². The van der Waals surface area contributed by atoms with E-state index in [0.29, 0.717) is 16.4 Å². The first-order valence-corrected chi connectivity index (χ1v) is 6.86. The topological polar surface area (TPSA) is 85.8 Å². The molecular weight excluding hydrogens is 280 g/mol. The van der Waals surface area contributed by atoms with Crippen molar-refractivity contribution in [2.75, 3.05) is 5.32 Å². The molecule has 0 aliphatic heterocycles. The first-order valence-electron chi connectivity index (χ1n) is 6.48. The maximum Gasteiger partial charge on any atom is 0.333 e. The van der Waals surface area contributed by atoms with Gasteiger partial charge in [-0.3, -0.25) is 5.43 Å². The smallest absolute Gasteiger partial charge is 0.333 e. The van der Waals surface area contributed by atoms with Crippen molar-refractivity contribution in [3.8, 4) is 0 Å². The Morgan fingerprint density at radius 1 is 1.40 bits per heavy atom. The van der Waals surface area contributed by atoms with Crippen molar-refractivity contribution in [3.05, 3.63) is 29.3 Å². The van der Waals surface area contributed by atoms with E-state index in [1.165, 1.54) is 0 Å². The highest BCUT2D eigenvalue weighted by Crippen LogP contribution is 2.16. The molecule has 1 saturated carbocycles. The van der Waals surface area contributed by atoms with Gasteiger partial charge in [0.25, 0.3) is 0 Å². The Labute approximate surface area is 122 Å². The molecule has 1 aromatic rings. The summed E-state index contributed by atoms with van der Waals surface area (Å²) >= 11 is 5.83. The Hall–Kier alpha value is -1.79. The van der Waals surface area contributed by atoms with E-state index < -0.39 is 6.03 Å². The largest absolute Gasteiger partial charge is 0.411 e. The summed E-state index contributed by atoms with van der Waals surface area (Å²) in [7, 11) is 0. The quantitative estimate of drug-likeness (QED) is 0.511. The molecule has 0 aromatic heterocycles. The minimum absolute atomic E-state index is 0.126. The Kier molecular flexibility index (Phi) is 5.20. The third-order valence-corrected chi connectivity index (χ3v) is 3.38. The summed E-state index contributed by atoms with van der Waals surface area (Å²) in [6.07, 6.45) is 3.61. The summed E-state index contributed by atoms with van der Waals surface area (Å²) in [4.78, 5) is 11.7. The third-order valence-electron chi connectivity index (χ3n) is 3.15. The number of nitrogens with one attached hydrogen (secondary N) is 3. The van der Waals surface area contributed by atoms with Crippen molar-refractivity contribution in [3.63, 3.8) is 0 Å². The van der Waals surface area contributed by atoms with Gasteiger partial charge in [0.15, 0.2) is 0 Å². The number of halogens is 1. The van der Waals surface area contributed by atoms with Crippen LogP contribution in [0.2, 0.25) is 5.02 Å². The molecule has 108 valence electrons. The lowest BCUT2D eigenvalue weighted by Gasteiger charge is -2.24. The predicted octanol–water partition coefficient (Wildman–Crippen LogP) is 2.74. The van der Waals surface area contributed by atoms with Crippen LogP contribution < -0.4 is 16.2 Å². The number of anilines is 1. The summed E-state index contributed by atoms with van der Waals surface area (Å²) in [5, 5.41) is 15.4. The Bertz CT molecular complexity index is 507. The first kappa shape index (κ1) is 14.6. The van der Waals surface area contributed by atoms with Gasteiger partial charge >= 0.3 is 6.03 Å². The number of benzene rings is 1. The van der Waals surface area contributed by atoms with Crippen LogP contribution in [0.5, 0.6) is 0 Å². The predicted molar refractivity (Wildman–Crippen MR) is 78.2 cm³/mol. The molecular formula is C13H17ClN4O2. The van der Waals surface area contributed by atoms with Crippen molar-refractivity contribution in [2.24, 2.45) is 5.16 Å². The van der Waals surface area contributed by atoms with Crippen LogP contribution in [0.1, 0.15) is 25.7 Å². The number of nitrogens with zero attached hydrogens (tertiary/aromatic N) is 1. The van der Waals surface area contributed by atoms with Crippen LogP contribution in [-0.2, 0) is 0 Å². The number of hydrogen-bond acceptors (Lipinski definition) is 4. The number of hydrazine groups is 1. The van der Waals surface area contributed by atoms with Gasteiger partial charge in [-0.2, -0.15) is 0 Å². The number of carbonyl (C=O) groups is 1. The fraction of sp³-hybridized carbons (Fsp3) is 0.385. The van der Waals surface area contributed by atoms with Crippen LogP contribution in [0.3, 0.4) is 0 Å². The van der Waals surface area contributed by atoms with Crippen molar-refractivity contribution in [1.82, 2.24) is 10.9 Å². The molecule has 1 aliphatic rings. The zero-order valence-electron chi connectivity index (χ0n) is 10.9. The van der Waals surface area contributed by atoms with E-state index in [1.54, 1.807) is 24.3 Å². The van der Waals surface area contributed by atoms with Gasteiger partial charge in [0, 0.05) is 10.7 Å². The standard InChI is InChI=1S/C13H17ClN4O2/c14-9-4-3-5-10(8-9)15-13(19)17-16-11-6-1-2-7-12(11)18-20/h3-5,8,11,16,20H,1-2,6-7H2,(H2,15,17,19)/b18-12-. The summed E-state index contributed by atoms with van der Waals surface area (Å²) in [6, 6.07) is 6.36. The molecule has 1 fully saturated rings. The lowest BCUT2D eigenvalue weighted by atomic mass is 9.94. The molecule has 2 amide bonds. The number of oxime groups is 1. The summed E-state index contributed by atoms with van der Waals surface area (Å²) in [6.45, 7) is 0. The Morgan fingerprint density at radius 2 is 2.25 bits per heavy atom. The molecule has 7 heteroatoms. The monoisotopic (exact) mass is 296 g/mol. The highest BCUT2D eigenvalue weighted by atomic mass is 35.5. The molecule has 4 N–H and O–H groups in total. The van der Waals surface area contributed by atoms with Gasteiger partial charge < -0.3 is 10.5 Å². The van der Waals surface area contributed by atoms with Crippen molar-refractivity contribution in [1.29, 1.82) is 0 Å². The average Bonchev–Trinajstić information content (AvgIpc) is 2.45.